The second-order valence-corrected chi connectivity index (χ2v) is 10.4. The van der Waals surface area contributed by atoms with E-state index in [-0.39, 0.29) is 6.61 Å². The molecular formula is C22H28N2O6S2. The number of benzene rings is 1. The number of fused-ring (bicyclic) bond motifs is 1. The SMILES string of the molecule is CCOC(=O)c1c(NC(=O)[C@H](C)N(c2ccc(OCC)cc2)S(C)(=O)=O)sc2c1CCC2. The first kappa shape index (κ1) is 24.1. The molecular weight excluding hydrogens is 452 g/mol. The number of hydrogen-bond donors (Lipinski definition) is 1. The molecule has 1 aliphatic carbocycles. The minimum atomic E-state index is -3.77. The lowest BCUT2D eigenvalue weighted by Crippen LogP contribution is -2.45. The average Bonchev–Trinajstić information content (AvgIpc) is 3.29. The van der Waals surface area contributed by atoms with E-state index < -0.39 is 27.9 Å². The topological polar surface area (TPSA) is 102 Å². The summed E-state index contributed by atoms with van der Waals surface area (Å²) in [6, 6.07) is 5.46. The molecule has 3 rings (SSSR count). The molecule has 1 heterocycles. The number of thiophene rings is 1. The minimum absolute atomic E-state index is 0.229. The number of carbonyl (C=O) groups excluding carboxylic acids is 2. The van der Waals surface area contributed by atoms with Gasteiger partial charge in [-0.25, -0.2) is 13.2 Å². The van der Waals surface area contributed by atoms with Gasteiger partial charge < -0.3 is 14.8 Å². The highest BCUT2D eigenvalue weighted by Crippen LogP contribution is 2.39. The van der Waals surface area contributed by atoms with Crippen LogP contribution >= 0.6 is 11.3 Å². The third kappa shape index (κ3) is 5.07. The summed E-state index contributed by atoms with van der Waals surface area (Å²) in [4.78, 5) is 26.7. The number of nitrogens with zero attached hydrogens (tertiary/aromatic N) is 1. The Bertz CT molecular complexity index is 1090. The molecule has 2 aromatic rings. The van der Waals surface area contributed by atoms with Crippen molar-refractivity contribution in [1.82, 2.24) is 0 Å². The van der Waals surface area contributed by atoms with Crippen LogP contribution in [0.15, 0.2) is 24.3 Å². The molecule has 1 atom stereocenters. The van der Waals surface area contributed by atoms with Gasteiger partial charge in [0.05, 0.1) is 30.7 Å². The van der Waals surface area contributed by atoms with Gasteiger partial charge in [0.25, 0.3) is 0 Å². The Labute approximate surface area is 192 Å². The molecule has 0 bridgehead atoms. The van der Waals surface area contributed by atoms with Gasteiger partial charge in [-0.1, -0.05) is 0 Å². The van der Waals surface area contributed by atoms with E-state index >= 15 is 0 Å². The number of rotatable bonds is 9. The smallest absolute Gasteiger partial charge is 0.341 e. The molecule has 1 aromatic heterocycles. The lowest BCUT2D eigenvalue weighted by Gasteiger charge is -2.28. The van der Waals surface area contributed by atoms with Crippen molar-refractivity contribution in [1.29, 1.82) is 0 Å². The largest absolute Gasteiger partial charge is 0.494 e. The van der Waals surface area contributed by atoms with Crippen LogP contribution in [0.2, 0.25) is 0 Å². The van der Waals surface area contributed by atoms with Gasteiger partial charge in [-0.15, -0.1) is 11.3 Å². The monoisotopic (exact) mass is 480 g/mol. The Morgan fingerprint density at radius 3 is 2.44 bits per heavy atom. The Hall–Kier alpha value is -2.59. The third-order valence-electron chi connectivity index (χ3n) is 5.13. The molecule has 8 nitrogen and oxygen atoms in total. The quantitative estimate of drug-likeness (QED) is 0.550. The first-order chi connectivity index (χ1) is 15.2. The van der Waals surface area contributed by atoms with Gasteiger partial charge in [-0.2, -0.15) is 0 Å². The fraction of sp³-hybridized carbons (Fsp3) is 0.455. The van der Waals surface area contributed by atoms with Crippen molar-refractivity contribution in [3.63, 3.8) is 0 Å². The van der Waals surface area contributed by atoms with Crippen LogP contribution in [0.25, 0.3) is 0 Å². The van der Waals surface area contributed by atoms with Crippen LogP contribution in [0.3, 0.4) is 0 Å². The molecule has 0 spiro atoms. The molecule has 0 unspecified atom stereocenters. The fourth-order valence-corrected chi connectivity index (χ4v) is 6.25. The zero-order valence-electron chi connectivity index (χ0n) is 18.6. The van der Waals surface area contributed by atoms with Gasteiger partial charge in [0.2, 0.25) is 15.9 Å². The average molecular weight is 481 g/mol. The predicted octanol–water partition coefficient (Wildman–Crippen LogP) is 3.61. The van der Waals surface area contributed by atoms with Gasteiger partial charge in [-0.3, -0.25) is 9.10 Å². The summed E-state index contributed by atoms with van der Waals surface area (Å²) >= 11 is 1.35. The molecule has 0 saturated carbocycles. The highest BCUT2D eigenvalue weighted by molar-refractivity contribution is 7.92. The van der Waals surface area contributed by atoms with Gasteiger partial charge in [0, 0.05) is 4.88 Å². The van der Waals surface area contributed by atoms with E-state index in [2.05, 4.69) is 5.32 Å². The summed E-state index contributed by atoms with van der Waals surface area (Å²) in [6.07, 6.45) is 3.61. The summed E-state index contributed by atoms with van der Waals surface area (Å²) in [7, 11) is -3.77. The predicted molar refractivity (Wildman–Crippen MR) is 125 cm³/mol. The summed E-state index contributed by atoms with van der Waals surface area (Å²) in [5.74, 6) is -0.398. The molecule has 0 radical (unpaired) electrons. The van der Waals surface area contributed by atoms with E-state index in [0.717, 1.165) is 40.3 Å². The highest BCUT2D eigenvalue weighted by Gasteiger charge is 2.32. The number of carbonyl (C=O) groups is 2. The second-order valence-electron chi connectivity index (χ2n) is 7.43. The molecule has 1 aliphatic rings. The zero-order valence-corrected chi connectivity index (χ0v) is 20.3. The number of esters is 1. The number of nitrogens with one attached hydrogen (secondary N) is 1. The van der Waals surface area contributed by atoms with E-state index in [1.165, 1.54) is 18.3 Å². The lowest BCUT2D eigenvalue weighted by atomic mass is 10.1. The molecule has 10 heteroatoms. The Balaban J connectivity index is 1.88. The lowest BCUT2D eigenvalue weighted by molar-refractivity contribution is -0.116. The van der Waals surface area contributed by atoms with E-state index in [0.29, 0.717) is 28.6 Å². The number of amides is 1. The van der Waals surface area contributed by atoms with Gasteiger partial charge >= 0.3 is 5.97 Å². The van der Waals surface area contributed by atoms with Crippen molar-refractivity contribution in [3.05, 3.63) is 40.3 Å². The maximum Gasteiger partial charge on any atom is 0.341 e. The van der Waals surface area contributed by atoms with Crippen molar-refractivity contribution in [2.24, 2.45) is 0 Å². The van der Waals surface area contributed by atoms with E-state index in [1.54, 1.807) is 31.2 Å². The number of hydrogen-bond acceptors (Lipinski definition) is 7. The maximum atomic E-state index is 13.1. The van der Waals surface area contributed by atoms with Crippen molar-refractivity contribution in [2.45, 2.75) is 46.1 Å². The third-order valence-corrected chi connectivity index (χ3v) is 7.58. The van der Waals surface area contributed by atoms with Crippen LogP contribution in [0.4, 0.5) is 10.7 Å². The summed E-state index contributed by atoms with van der Waals surface area (Å²) in [5.41, 5.74) is 1.65. The van der Waals surface area contributed by atoms with Crippen LogP contribution in [0.1, 0.15) is 48.0 Å². The summed E-state index contributed by atoms with van der Waals surface area (Å²) in [5, 5.41) is 3.19. The van der Waals surface area contributed by atoms with Crippen LogP contribution in [0.5, 0.6) is 5.75 Å². The van der Waals surface area contributed by atoms with Crippen LogP contribution in [-0.4, -0.2) is 45.8 Å². The van der Waals surface area contributed by atoms with E-state index in [9.17, 15) is 18.0 Å². The number of ether oxygens (including phenoxy) is 2. The van der Waals surface area contributed by atoms with E-state index in [1.807, 2.05) is 6.92 Å². The molecule has 32 heavy (non-hydrogen) atoms. The molecule has 1 aromatic carbocycles. The van der Waals surface area contributed by atoms with Gasteiger partial charge in [0.1, 0.15) is 16.8 Å². The van der Waals surface area contributed by atoms with Gasteiger partial charge in [-0.05, 0) is 69.9 Å². The van der Waals surface area contributed by atoms with E-state index in [4.69, 9.17) is 9.47 Å². The molecule has 0 saturated heterocycles. The summed E-state index contributed by atoms with van der Waals surface area (Å²) < 4.78 is 36.8. The molecule has 1 amide bonds. The first-order valence-corrected chi connectivity index (χ1v) is 13.2. The Kier molecular flexibility index (Phi) is 7.45. The highest BCUT2D eigenvalue weighted by atomic mass is 32.2. The number of aryl methyl sites for hydroxylation is 1. The Morgan fingerprint density at radius 2 is 1.84 bits per heavy atom. The van der Waals surface area contributed by atoms with Crippen LogP contribution in [-0.2, 0) is 32.4 Å². The normalized spacial score (nSPS) is 13.9. The van der Waals surface area contributed by atoms with Crippen LogP contribution in [0, 0.1) is 0 Å². The van der Waals surface area contributed by atoms with Crippen molar-refractivity contribution in [3.8, 4) is 5.75 Å². The number of sulfonamides is 1. The van der Waals surface area contributed by atoms with Crippen LogP contribution < -0.4 is 14.4 Å². The minimum Gasteiger partial charge on any atom is -0.494 e. The summed E-state index contributed by atoms with van der Waals surface area (Å²) in [6.45, 7) is 5.81. The first-order valence-electron chi connectivity index (χ1n) is 10.5. The molecule has 174 valence electrons. The second kappa shape index (κ2) is 9.91. The molecule has 0 fully saturated rings. The van der Waals surface area contributed by atoms with Gasteiger partial charge in [0.15, 0.2) is 0 Å². The zero-order chi connectivity index (χ0) is 23.5. The van der Waals surface area contributed by atoms with Crippen molar-refractivity contribution in [2.75, 3.05) is 29.1 Å². The fourth-order valence-electron chi connectivity index (χ4n) is 3.79. The van der Waals surface area contributed by atoms with Crippen molar-refractivity contribution >= 4 is 43.9 Å². The standard InChI is InChI=1S/C22H28N2O6S2/c1-5-29-16-12-10-15(11-13-16)24(32(4,27)28)14(3)20(25)23-21-19(22(26)30-6-2)17-8-7-9-18(17)31-21/h10-14H,5-9H2,1-4H3,(H,23,25)/t14-/m0/s1. The van der Waals surface area contributed by atoms with Crippen molar-refractivity contribution < 1.29 is 27.5 Å². The Morgan fingerprint density at radius 1 is 1.16 bits per heavy atom. The maximum absolute atomic E-state index is 13.1. The number of anilines is 2. The molecule has 1 N–H and O–H groups in total. The molecule has 0 aliphatic heterocycles.